The van der Waals surface area contributed by atoms with Gasteiger partial charge in [-0.1, -0.05) is 25.5 Å². The van der Waals surface area contributed by atoms with Crippen molar-refractivity contribution < 1.29 is 9.90 Å². The van der Waals surface area contributed by atoms with Crippen LogP contribution in [0.5, 0.6) is 0 Å². The minimum Gasteiger partial charge on any atom is -0.396 e. The van der Waals surface area contributed by atoms with E-state index in [1.165, 1.54) is 0 Å². The zero-order chi connectivity index (χ0) is 14.8. The maximum atomic E-state index is 11.9. The summed E-state index contributed by atoms with van der Waals surface area (Å²) in [4.78, 5) is 12.9. The summed E-state index contributed by atoms with van der Waals surface area (Å²) in [5.41, 5.74) is 0.826. The molecule has 0 heterocycles. The number of para-hydroxylation sites is 1. The second kappa shape index (κ2) is 9.66. The Balaban J connectivity index is 2.46. The van der Waals surface area contributed by atoms with Crippen molar-refractivity contribution >= 4 is 23.5 Å². The van der Waals surface area contributed by atoms with Crippen molar-refractivity contribution in [2.24, 2.45) is 5.92 Å². The molecule has 0 radical (unpaired) electrons. The van der Waals surface area contributed by atoms with E-state index in [4.69, 9.17) is 5.11 Å². The van der Waals surface area contributed by atoms with Crippen LogP contribution in [0.15, 0.2) is 29.2 Å². The Hall–Kier alpha value is -1.20. The molecule has 0 aliphatic rings. The predicted molar refractivity (Wildman–Crippen MR) is 85.3 cm³/mol. The Labute approximate surface area is 125 Å². The highest BCUT2D eigenvalue weighted by Gasteiger charge is 2.10. The van der Waals surface area contributed by atoms with Crippen LogP contribution < -0.4 is 10.6 Å². The summed E-state index contributed by atoms with van der Waals surface area (Å²) in [6.07, 6.45) is 4.79. The van der Waals surface area contributed by atoms with Crippen LogP contribution in [0, 0.1) is 5.92 Å². The third kappa shape index (κ3) is 5.84. The molecule has 1 atom stereocenters. The molecule has 0 bridgehead atoms. The summed E-state index contributed by atoms with van der Waals surface area (Å²) in [5.74, 6) is 0.339. The number of aliphatic hydroxyl groups is 1. The van der Waals surface area contributed by atoms with Crippen molar-refractivity contribution in [2.75, 3.05) is 24.7 Å². The molecule has 0 aliphatic carbocycles. The Morgan fingerprint density at radius 3 is 2.75 bits per heavy atom. The van der Waals surface area contributed by atoms with Crippen LogP contribution >= 0.6 is 11.8 Å². The van der Waals surface area contributed by atoms with Gasteiger partial charge < -0.3 is 15.7 Å². The van der Waals surface area contributed by atoms with E-state index in [1.54, 1.807) is 11.8 Å². The van der Waals surface area contributed by atoms with Crippen LogP contribution in [0.4, 0.5) is 10.5 Å². The molecule has 0 saturated heterocycles. The monoisotopic (exact) mass is 296 g/mol. The van der Waals surface area contributed by atoms with Crippen LogP contribution in [-0.2, 0) is 0 Å². The summed E-state index contributed by atoms with van der Waals surface area (Å²) >= 11 is 1.60. The first kappa shape index (κ1) is 16.9. The summed E-state index contributed by atoms with van der Waals surface area (Å²) in [6, 6.07) is 7.54. The lowest BCUT2D eigenvalue weighted by molar-refractivity contribution is 0.236. The maximum absolute atomic E-state index is 11.9. The zero-order valence-corrected chi connectivity index (χ0v) is 13.0. The minimum absolute atomic E-state index is 0.170. The molecule has 1 rings (SSSR count). The van der Waals surface area contributed by atoms with E-state index in [-0.39, 0.29) is 12.6 Å². The van der Waals surface area contributed by atoms with Gasteiger partial charge in [0, 0.05) is 18.0 Å². The van der Waals surface area contributed by atoms with Crippen molar-refractivity contribution in [3.05, 3.63) is 24.3 Å². The van der Waals surface area contributed by atoms with Crippen LogP contribution in [0.1, 0.15) is 26.2 Å². The number of benzene rings is 1. The molecule has 4 nitrogen and oxygen atoms in total. The summed E-state index contributed by atoms with van der Waals surface area (Å²) in [7, 11) is 0. The molecule has 0 aromatic heterocycles. The topological polar surface area (TPSA) is 61.4 Å². The first-order valence-corrected chi connectivity index (χ1v) is 8.22. The molecule has 112 valence electrons. The average molecular weight is 296 g/mol. The Morgan fingerprint density at radius 1 is 1.35 bits per heavy atom. The van der Waals surface area contributed by atoms with Crippen LogP contribution in [0.3, 0.4) is 0 Å². The van der Waals surface area contributed by atoms with E-state index >= 15 is 0 Å². The van der Waals surface area contributed by atoms with E-state index in [0.717, 1.165) is 29.8 Å². The first-order valence-electron chi connectivity index (χ1n) is 7.00. The van der Waals surface area contributed by atoms with Crippen LogP contribution in [0.25, 0.3) is 0 Å². The standard InChI is InChI=1S/C15H24N2O2S/c1-3-6-12(9-10-18)11-16-15(19)17-13-7-4-5-8-14(13)20-2/h4-5,7-8,12,18H,3,6,9-11H2,1-2H3,(H2,16,17,19). The highest BCUT2D eigenvalue weighted by Crippen LogP contribution is 2.24. The zero-order valence-electron chi connectivity index (χ0n) is 12.2. The van der Waals surface area contributed by atoms with Crippen molar-refractivity contribution in [3.8, 4) is 0 Å². The third-order valence-corrected chi connectivity index (χ3v) is 3.94. The summed E-state index contributed by atoms with van der Waals surface area (Å²) in [6.45, 7) is 2.88. The molecule has 0 fully saturated rings. The van der Waals surface area contributed by atoms with E-state index in [2.05, 4.69) is 17.6 Å². The SMILES string of the molecule is CCCC(CCO)CNC(=O)Nc1ccccc1SC. The smallest absolute Gasteiger partial charge is 0.319 e. The van der Waals surface area contributed by atoms with Crippen molar-refractivity contribution in [1.29, 1.82) is 0 Å². The molecule has 3 N–H and O–H groups in total. The Morgan fingerprint density at radius 2 is 2.10 bits per heavy atom. The van der Waals surface area contributed by atoms with Crippen molar-refractivity contribution in [2.45, 2.75) is 31.1 Å². The van der Waals surface area contributed by atoms with E-state index in [9.17, 15) is 4.79 Å². The molecule has 0 aliphatic heterocycles. The fourth-order valence-corrected chi connectivity index (χ4v) is 2.64. The van der Waals surface area contributed by atoms with E-state index in [0.29, 0.717) is 12.5 Å². The minimum atomic E-state index is -0.189. The molecule has 0 saturated carbocycles. The van der Waals surface area contributed by atoms with Gasteiger partial charge in [-0.25, -0.2) is 4.79 Å². The lowest BCUT2D eigenvalue weighted by Gasteiger charge is -2.16. The molecule has 1 unspecified atom stereocenters. The van der Waals surface area contributed by atoms with Gasteiger partial charge >= 0.3 is 6.03 Å². The number of thioether (sulfide) groups is 1. The van der Waals surface area contributed by atoms with Gasteiger partial charge in [-0.2, -0.15) is 0 Å². The number of nitrogens with one attached hydrogen (secondary N) is 2. The lowest BCUT2D eigenvalue weighted by Crippen LogP contribution is -2.33. The quantitative estimate of drug-likeness (QED) is 0.645. The molecule has 2 amide bonds. The van der Waals surface area contributed by atoms with Gasteiger partial charge in [0.2, 0.25) is 0 Å². The van der Waals surface area contributed by atoms with Crippen molar-refractivity contribution in [1.82, 2.24) is 5.32 Å². The largest absolute Gasteiger partial charge is 0.396 e. The average Bonchev–Trinajstić information content (AvgIpc) is 2.46. The molecular weight excluding hydrogens is 272 g/mol. The third-order valence-electron chi connectivity index (χ3n) is 3.14. The summed E-state index contributed by atoms with van der Waals surface area (Å²) in [5, 5.41) is 14.8. The van der Waals surface area contributed by atoms with Gasteiger partial charge in [0.1, 0.15) is 0 Å². The number of rotatable bonds is 8. The highest BCUT2D eigenvalue weighted by atomic mass is 32.2. The second-order valence-corrected chi connectivity index (χ2v) is 5.55. The molecule has 0 spiro atoms. The second-order valence-electron chi connectivity index (χ2n) is 4.70. The number of carbonyl (C=O) groups is 1. The van der Waals surface area contributed by atoms with Crippen LogP contribution in [0.2, 0.25) is 0 Å². The number of urea groups is 1. The van der Waals surface area contributed by atoms with Gasteiger partial charge in [0.05, 0.1) is 5.69 Å². The Kier molecular flexibility index (Phi) is 8.14. The highest BCUT2D eigenvalue weighted by molar-refractivity contribution is 7.98. The predicted octanol–water partition coefficient (Wildman–Crippen LogP) is 3.33. The number of amides is 2. The molecule has 1 aromatic carbocycles. The van der Waals surface area contributed by atoms with Crippen LogP contribution in [-0.4, -0.2) is 30.5 Å². The van der Waals surface area contributed by atoms with Gasteiger partial charge in [-0.05, 0) is 37.1 Å². The Bertz CT molecular complexity index is 407. The van der Waals surface area contributed by atoms with Gasteiger partial charge in [-0.15, -0.1) is 11.8 Å². The fourth-order valence-electron chi connectivity index (χ4n) is 2.09. The number of carbonyl (C=O) groups excluding carboxylic acids is 1. The fraction of sp³-hybridized carbons (Fsp3) is 0.533. The number of hydrogen-bond acceptors (Lipinski definition) is 3. The number of hydrogen-bond donors (Lipinski definition) is 3. The molecular formula is C15H24N2O2S. The van der Waals surface area contributed by atoms with Gasteiger partial charge in [0.25, 0.3) is 0 Å². The number of anilines is 1. The normalized spacial score (nSPS) is 11.9. The van der Waals surface area contributed by atoms with Crippen molar-refractivity contribution in [3.63, 3.8) is 0 Å². The lowest BCUT2D eigenvalue weighted by atomic mass is 10.0. The first-order chi connectivity index (χ1) is 9.71. The van der Waals surface area contributed by atoms with E-state index < -0.39 is 0 Å². The van der Waals surface area contributed by atoms with Gasteiger partial charge in [0.15, 0.2) is 0 Å². The molecule has 5 heteroatoms. The maximum Gasteiger partial charge on any atom is 0.319 e. The summed E-state index contributed by atoms with van der Waals surface area (Å²) < 4.78 is 0. The number of aliphatic hydroxyl groups excluding tert-OH is 1. The molecule has 1 aromatic rings. The van der Waals surface area contributed by atoms with Gasteiger partial charge in [-0.3, -0.25) is 0 Å². The van der Waals surface area contributed by atoms with E-state index in [1.807, 2.05) is 30.5 Å². The molecule has 20 heavy (non-hydrogen) atoms.